The fourth-order valence-corrected chi connectivity index (χ4v) is 2.30. The maximum Gasteiger partial charge on any atom is 0.408 e. The summed E-state index contributed by atoms with van der Waals surface area (Å²) in [5.74, 6) is -0.554. The molecule has 0 unspecified atom stereocenters. The number of aliphatic hydroxyl groups excluding tert-OH is 1. The van der Waals surface area contributed by atoms with Gasteiger partial charge in [0.1, 0.15) is 17.2 Å². The molecule has 0 saturated heterocycles. The zero-order valence-electron chi connectivity index (χ0n) is 16.0. The second kappa shape index (κ2) is 9.86. The maximum atomic E-state index is 12.3. The van der Waals surface area contributed by atoms with Crippen LogP contribution >= 0.6 is 11.8 Å². The molecule has 0 spiro atoms. The largest absolute Gasteiger partial charge is 0.452 e. The molecule has 2 atom stereocenters. The third-order valence-corrected chi connectivity index (χ3v) is 3.25. The first kappa shape index (κ1) is 23.5. The summed E-state index contributed by atoms with van der Waals surface area (Å²) >= 11 is 0.780. The van der Waals surface area contributed by atoms with Crippen molar-refractivity contribution in [2.24, 2.45) is 0 Å². The Kier molecular flexibility index (Phi) is 9.28. The molecule has 0 rings (SSSR count). The first-order chi connectivity index (χ1) is 11.2. The Morgan fingerprint density at radius 2 is 1.52 bits per heavy atom. The highest BCUT2D eigenvalue weighted by Gasteiger charge is 2.27. The molecule has 0 saturated carbocycles. The molecule has 0 bridgehead atoms. The number of amides is 2. The van der Waals surface area contributed by atoms with Crippen molar-refractivity contribution >= 4 is 29.1 Å². The van der Waals surface area contributed by atoms with E-state index < -0.39 is 40.6 Å². The van der Waals surface area contributed by atoms with Gasteiger partial charge in [0, 0.05) is 11.8 Å². The van der Waals surface area contributed by atoms with Gasteiger partial charge in [0.25, 0.3) is 0 Å². The SMILES string of the molecule is C[C@@H](CO)NC(=O)[C@H](CSC(=O)OC(C)(C)C)NC(=O)OC(C)(C)C. The van der Waals surface area contributed by atoms with E-state index in [1.807, 2.05) is 0 Å². The molecule has 3 N–H and O–H groups in total. The predicted molar refractivity (Wildman–Crippen MR) is 96.5 cm³/mol. The topological polar surface area (TPSA) is 114 Å². The highest BCUT2D eigenvalue weighted by molar-refractivity contribution is 8.13. The van der Waals surface area contributed by atoms with E-state index in [9.17, 15) is 14.4 Å². The summed E-state index contributed by atoms with van der Waals surface area (Å²) in [6.07, 6.45) is -0.769. The standard InChI is InChI=1S/C16H30N2O6S/c1-10(8-19)17-12(20)11(18-13(21)23-15(2,3)4)9-25-14(22)24-16(5,6)7/h10-11,19H,8-9H2,1-7H3,(H,17,20)(H,18,21)/t10-,11-/m0/s1. The Morgan fingerprint density at radius 1 is 1.00 bits per heavy atom. The van der Waals surface area contributed by atoms with E-state index in [4.69, 9.17) is 14.6 Å². The van der Waals surface area contributed by atoms with E-state index >= 15 is 0 Å². The van der Waals surface area contributed by atoms with E-state index in [1.165, 1.54) is 0 Å². The number of nitrogens with one attached hydrogen (secondary N) is 2. The van der Waals surface area contributed by atoms with Crippen molar-refractivity contribution in [1.82, 2.24) is 10.6 Å². The first-order valence-corrected chi connectivity index (χ1v) is 8.98. The Hall–Kier alpha value is -1.48. The molecule has 0 aliphatic heterocycles. The number of alkyl carbamates (subject to hydrolysis) is 1. The maximum absolute atomic E-state index is 12.3. The number of hydrogen-bond acceptors (Lipinski definition) is 7. The second-order valence-electron chi connectivity index (χ2n) is 7.57. The van der Waals surface area contributed by atoms with Gasteiger partial charge in [0.15, 0.2) is 0 Å². The molecule has 0 aromatic carbocycles. The summed E-state index contributed by atoms with van der Waals surface area (Å²) in [7, 11) is 0. The highest BCUT2D eigenvalue weighted by atomic mass is 32.2. The van der Waals surface area contributed by atoms with Crippen molar-refractivity contribution in [2.45, 2.75) is 71.8 Å². The van der Waals surface area contributed by atoms with E-state index in [0.717, 1.165) is 11.8 Å². The van der Waals surface area contributed by atoms with E-state index in [1.54, 1.807) is 48.5 Å². The van der Waals surface area contributed by atoms with Gasteiger partial charge in [-0.05, 0) is 60.2 Å². The van der Waals surface area contributed by atoms with Gasteiger partial charge in [-0.25, -0.2) is 9.59 Å². The third-order valence-electron chi connectivity index (χ3n) is 2.43. The lowest BCUT2D eigenvalue weighted by Crippen LogP contribution is -2.52. The van der Waals surface area contributed by atoms with Crippen LogP contribution in [0.15, 0.2) is 0 Å². The molecule has 0 aliphatic rings. The average Bonchev–Trinajstić information content (AvgIpc) is 2.39. The summed E-state index contributed by atoms with van der Waals surface area (Å²) in [5.41, 5.74) is -1.37. The zero-order valence-corrected chi connectivity index (χ0v) is 16.8. The van der Waals surface area contributed by atoms with Crippen molar-refractivity contribution < 1.29 is 29.0 Å². The van der Waals surface area contributed by atoms with Gasteiger partial charge in [0.2, 0.25) is 5.91 Å². The number of rotatable bonds is 6. The van der Waals surface area contributed by atoms with Crippen LogP contribution in [-0.4, -0.2) is 58.1 Å². The highest BCUT2D eigenvalue weighted by Crippen LogP contribution is 2.16. The Labute approximate surface area is 153 Å². The molecule has 0 radical (unpaired) electrons. The van der Waals surface area contributed by atoms with Crippen molar-refractivity contribution in [3.05, 3.63) is 0 Å². The van der Waals surface area contributed by atoms with Gasteiger partial charge in [0.05, 0.1) is 6.61 Å². The fourth-order valence-electron chi connectivity index (χ4n) is 1.45. The zero-order chi connectivity index (χ0) is 19.8. The number of carbonyl (C=O) groups is 3. The van der Waals surface area contributed by atoms with Crippen LogP contribution in [0, 0.1) is 0 Å². The summed E-state index contributed by atoms with van der Waals surface area (Å²) in [6.45, 7) is 11.7. The second-order valence-corrected chi connectivity index (χ2v) is 8.52. The van der Waals surface area contributed by atoms with Gasteiger partial charge in [-0.15, -0.1) is 0 Å². The van der Waals surface area contributed by atoms with Gasteiger partial charge in [-0.3, -0.25) is 4.79 Å². The van der Waals surface area contributed by atoms with Crippen LogP contribution in [-0.2, 0) is 14.3 Å². The quantitative estimate of drug-likeness (QED) is 0.606. The van der Waals surface area contributed by atoms with Crippen LogP contribution in [0.2, 0.25) is 0 Å². The van der Waals surface area contributed by atoms with Crippen LogP contribution in [0.3, 0.4) is 0 Å². The third kappa shape index (κ3) is 12.5. The molecular formula is C16H30N2O6S. The van der Waals surface area contributed by atoms with Crippen molar-refractivity contribution in [3.63, 3.8) is 0 Å². The molecule has 0 aliphatic carbocycles. The molecule has 0 aromatic heterocycles. The minimum atomic E-state index is -1.01. The summed E-state index contributed by atoms with van der Waals surface area (Å²) < 4.78 is 10.3. The predicted octanol–water partition coefficient (Wildman–Crippen LogP) is 2.04. The monoisotopic (exact) mass is 378 g/mol. The van der Waals surface area contributed by atoms with Crippen LogP contribution in [0.4, 0.5) is 9.59 Å². The molecule has 8 nitrogen and oxygen atoms in total. The van der Waals surface area contributed by atoms with Crippen molar-refractivity contribution in [2.75, 3.05) is 12.4 Å². The molecule has 25 heavy (non-hydrogen) atoms. The smallest absolute Gasteiger partial charge is 0.408 e. The van der Waals surface area contributed by atoms with Gasteiger partial charge >= 0.3 is 11.4 Å². The molecule has 2 amide bonds. The lowest BCUT2D eigenvalue weighted by molar-refractivity contribution is -0.123. The normalized spacial score (nSPS) is 14.2. The van der Waals surface area contributed by atoms with E-state index in [-0.39, 0.29) is 12.4 Å². The molecular weight excluding hydrogens is 348 g/mol. The minimum absolute atomic E-state index is 0.0296. The minimum Gasteiger partial charge on any atom is -0.452 e. The van der Waals surface area contributed by atoms with Crippen LogP contribution in [0.25, 0.3) is 0 Å². The first-order valence-electron chi connectivity index (χ1n) is 8.00. The Morgan fingerprint density at radius 3 is 1.96 bits per heavy atom. The van der Waals surface area contributed by atoms with Gasteiger partial charge in [-0.2, -0.15) is 0 Å². The summed E-state index contributed by atoms with van der Waals surface area (Å²) in [6, 6.07) is -1.50. The number of aliphatic hydroxyl groups is 1. The van der Waals surface area contributed by atoms with Gasteiger partial charge in [-0.1, -0.05) is 0 Å². The lowest BCUT2D eigenvalue weighted by Gasteiger charge is -2.24. The molecule has 146 valence electrons. The summed E-state index contributed by atoms with van der Waals surface area (Å²) in [5, 5.41) is 13.5. The van der Waals surface area contributed by atoms with Crippen molar-refractivity contribution in [3.8, 4) is 0 Å². The van der Waals surface area contributed by atoms with Crippen LogP contribution < -0.4 is 10.6 Å². The van der Waals surface area contributed by atoms with Gasteiger partial charge < -0.3 is 25.2 Å². The average molecular weight is 378 g/mol. The number of carbonyl (C=O) groups excluding carboxylic acids is 3. The van der Waals surface area contributed by atoms with Crippen LogP contribution in [0.1, 0.15) is 48.5 Å². The number of hydrogen-bond donors (Lipinski definition) is 3. The molecule has 0 fully saturated rings. The number of thioether (sulfide) groups is 1. The molecule has 0 heterocycles. The Bertz CT molecular complexity index is 470. The number of ether oxygens (including phenoxy) is 2. The fraction of sp³-hybridized carbons (Fsp3) is 0.812. The van der Waals surface area contributed by atoms with E-state index in [2.05, 4.69) is 10.6 Å². The van der Waals surface area contributed by atoms with Crippen LogP contribution in [0.5, 0.6) is 0 Å². The lowest BCUT2D eigenvalue weighted by atomic mass is 10.2. The molecule has 0 aromatic rings. The summed E-state index contributed by atoms with van der Waals surface area (Å²) in [4.78, 5) is 36.0. The Balaban J connectivity index is 4.86. The van der Waals surface area contributed by atoms with Crippen molar-refractivity contribution in [1.29, 1.82) is 0 Å². The molecule has 9 heteroatoms. The van der Waals surface area contributed by atoms with E-state index in [0.29, 0.717) is 0 Å².